The number of ketones is 1. The molecule has 0 atom stereocenters. The first-order valence-corrected chi connectivity index (χ1v) is 5.08. The predicted octanol–water partition coefficient (Wildman–Crippen LogP) is 0.805. The predicted molar refractivity (Wildman–Crippen MR) is 59.7 cm³/mol. The van der Waals surface area contributed by atoms with E-state index in [9.17, 15) is 9.59 Å². The second kappa shape index (κ2) is 5.29. The van der Waals surface area contributed by atoms with Gasteiger partial charge in [-0.3, -0.25) is 4.79 Å². The second-order valence-corrected chi connectivity index (χ2v) is 3.40. The summed E-state index contributed by atoms with van der Waals surface area (Å²) in [6, 6.07) is 1.54. The minimum Gasteiger partial charge on any atom is -0.462 e. The van der Waals surface area contributed by atoms with Crippen molar-refractivity contribution in [2.45, 2.75) is 20.8 Å². The molecule has 0 spiro atoms. The third kappa shape index (κ3) is 2.93. The average Bonchev–Trinajstić information content (AvgIpc) is 2.64. The van der Waals surface area contributed by atoms with Gasteiger partial charge in [0.15, 0.2) is 11.5 Å². The van der Waals surface area contributed by atoms with E-state index in [2.05, 4.69) is 5.16 Å². The Labute approximate surface area is 98.4 Å². The molecule has 2 N–H and O–H groups in total. The Morgan fingerprint density at radius 2 is 2.18 bits per heavy atom. The van der Waals surface area contributed by atoms with Gasteiger partial charge < -0.3 is 15.0 Å². The van der Waals surface area contributed by atoms with Gasteiger partial charge in [0.2, 0.25) is 0 Å². The maximum absolute atomic E-state index is 11.6. The molecule has 6 heteroatoms. The molecule has 0 saturated heterocycles. The van der Waals surface area contributed by atoms with Gasteiger partial charge in [-0.2, -0.15) is 0 Å². The number of nitrogens with two attached hydrogens (primary N) is 1. The first-order valence-electron chi connectivity index (χ1n) is 5.08. The van der Waals surface area contributed by atoms with Gasteiger partial charge in [0.25, 0.3) is 0 Å². The Kier molecular flexibility index (Phi) is 4.03. The first kappa shape index (κ1) is 13.0. The lowest BCUT2D eigenvalue weighted by Crippen LogP contribution is -2.18. The van der Waals surface area contributed by atoms with Gasteiger partial charge in [-0.05, 0) is 20.8 Å². The topological polar surface area (TPSA) is 95.4 Å². The largest absolute Gasteiger partial charge is 0.462 e. The fourth-order valence-corrected chi connectivity index (χ4v) is 1.26. The lowest BCUT2D eigenvalue weighted by molar-refractivity contribution is -0.139. The summed E-state index contributed by atoms with van der Waals surface area (Å²) in [5.74, 6) is -1.05. The highest BCUT2D eigenvalue weighted by molar-refractivity contribution is 6.21. The molecule has 0 aliphatic rings. The Bertz CT molecular complexity index is 474. The minimum absolute atomic E-state index is 0.0587. The average molecular weight is 238 g/mol. The van der Waals surface area contributed by atoms with E-state index in [1.54, 1.807) is 13.8 Å². The molecular weight excluding hydrogens is 224 g/mol. The van der Waals surface area contributed by atoms with Crippen LogP contribution in [0.5, 0.6) is 0 Å². The first-order chi connectivity index (χ1) is 7.97. The van der Waals surface area contributed by atoms with Crippen molar-refractivity contribution >= 4 is 17.4 Å². The molecule has 6 nitrogen and oxygen atoms in total. The highest BCUT2D eigenvalue weighted by Gasteiger charge is 2.22. The number of ether oxygens (including phenoxy) is 1. The zero-order valence-electron chi connectivity index (χ0n) is 9.94. The molecule has 0 aliphatic carbocycles. The number of hydrogen-bond acceptors (Lipinski definition) is 6. The van der Waals surface area contributed by atoms with E-state index in [1.165, 1.54) is 13.0 Å². The molecule has 17 heavy (non-hydrogen) atoms. The van der Waals surface area contributed by atoms with Crippen molar-refractivity contribution in [3.05, 3.63) is 23.1 Å². The smallest absolute Gasteiger partial charge is 0.344 e. The van der Waals surface area contributed by atoms with E-state index in [1.807, 2.05) is 0 Å². The molecule has 1 heterocycles. The van der Waals surface area contributed by atoms with E-state index in [-0.39, 0.29) is 23.6 Å². The van der Waals surface area contributed by atoms with Gasteiger partial charge in [0.1, 0.15) is 5.57 Å². The molecule has 1 rings (SSSR count). The summed E-state index contributed by atoms with van der Waals surface area (Å²) in [7, 11) is 0. The summed E-state index contributed by atoms with van der Waals surface area (Å²) in [5, 5.41) is 3.63. The van der Waals surface area contributed by atoms with E-state index in [0.29, 0.717) is 5.69 Å². The van der Waals surface area contributed by atoms with E-state index in [0.717, 1.165) is 0 Å². The Balaban J connectivity index is 3.19. The highest BCUT2D eigenvalue weighted by Crippen LogP contribution is 2.16. The summed E-state index contributed by atoms with van der Waals surface area (Å²) in [5.41, 5.74) is 6.04. The van der Waals surface area contributed by atoms with Crippen LogP contribution in [0.4, 0.5) is 0 Å². The lowest BCUT2D eigenvalue weighted by atomic mass is 10.1. The fraction of sp³-hybridized carbons (Fsp3) is 0.364. The molecule has 0 amide bonds. The number of carbonyl (C=O) groups is 2. The SMILES string of the molecule is CCOC(=O)/C(C(C)=O)=C(/N)c1cc(C)no1. The second-order valence-electron chi connectivity index (χ2n) is 3.40. The number of aromatic nitrogens is 1. The number of esters is 1. The number of aryl methyl sites for hydroxylation is 1. The third-order valence-electron chi connectivity index (χ3n) is 1.99. The molecule has 92 valence electrons. The number of rotatable bonds is 4. The Morgan fingerprint density at radius 1 is 1.53 bits per heavy atom. The molecule has 0 bridgehead atoms. The summed E-state index contributed by atoms with van der Waals surface area (Å²) in [6.45, 7) is 4.75. The summed E-state index contributed by atoms with van der Waals surface area (Å²) >= 11 is 0. The van der Waals surface area contributed by atoms with Gasteiger partial charge in [0.05, 0.1) is 18.0 Å². The molecule has 1 aromatic heterocycles. The van der Waals surface area contributed by atoms with Crippen molar-refractivity contribution in [1.82, 2.24) is 5.16 Å². The van der Waals surface area contributed by atoms with Crippen molar-refractivity contribution in [2.75, 3.05) is 6.61 Å². The molecule has 0 unspecified atom stereocenters. The van der Waals surface area contributed by atoms with Gasteiger partial charge in [-0.15, -0.1) is 0 Å². The van der Waals surface area contributed by atoms with Crippen LogP contribution in [0.2, 0.25) is 0 Å². The zero-order valence-corrected chi connectivity index (χ0v) is 9.94. The quantitative estimate of drug-likeness (QED) is 0.361. The standard InChI is InChI=1S/C11H14N2O4/c1-4-16-11(15)9(7(3)14)10(12)8-5-6(2)13-17-8/h5H,4,12H2,1-3H3/b10-9+. The number of nitrogens with zero attached hydrogens (tertiary/aromatic N) is 1. The van der Waals surface area contributed by atoms with Crippen LogP contribution in [0.25, 0.3) is 5.70 Å². The van der Waals surface area contributed by atoms with Crippen molar-refractivity contribution in [3.63, 3.8) is 0 Å². The van der Waals surface area contributed by atoms with E-state index in [4.69, 9.17) is 15.0 Å². The van der Waals surface area contributed by atoms with E-state index < -0.39 is 11.8 Å². The van der Waals surface area contributed by atoms with Gasteiger partial charge >= 0.3 is 5.97 Å². The van der Waals surface area contributed by atoms with Crippen LogP contribution in [-0.2, 0) is 14.3 Å². The van der Waals surface area contributed by atoms with Crippen LogP contribution >= 0.6 is 0 Å². The summed E-state index contributed by atoms with van der Waals surface area (Å²) in [6.07, 6.45) is 0. The molecule has 0 fully saturated rings. The van der Waals surface area contributed by atoms with Crippen molar-refractivity contribution < 1.29 is 18.8 Å². The number of hydrogen-bond donors (Lipinski definition) is 1. The molecular formula is C11H14N2O4. The van der Waals surface area contributed by atoms with Crippen LogP contribution in [0, 0.1) is 6.92 Å². The molecule has 0 aliphatic heterocycles. The van der Waals surface area contributed by atoms with Crippen LogP contribution in [0.3, 0.4) is 0 Å². The molecule has 0 saturated carbocycles. The number of Topliss-reactive ketones (excluding diaryl/α,β-unsaturated/α-hetero) is 1. The highest BCUT2D eigenvalue weighted by atomic mass is 16.5. The van der Waals surface area contributed by atoms with Gasteiger partial charge in [-0.1, -0.05) is 5.16 Å². The molecule has 0 radical (unpaired) electrons. The molecule has 1 aromatic rings. The molecule has 0 aromatic carbocycles. The lowest BCUT2D eigenvalue weighted by Gasteiger charge is -2.05. The summed E-state index contributed by atoms with van der Waals surface area (Å²) < 4.78 is 9.65. The maximum Gasteiger partial charge on any atom is 0.344 e. The fourth-order valence-electron chi connectivity index (χ4n) is 1.26. The van der Waals surface area contributed by atoms with Crippen LogP contribution in [0.15, 0.2) is 16.2 Å². The normalized spacial score (nSPS) is 11.9. The van der Waals surface area contributed by atoms with Crippen LogP contribution in [-0.4, -0.2) is 23.5 Å². The van der Waals surface area contributed by atoms with Gasteiger partial charge in [0, 0.05) is 6.07 Å². The zero-order chi connectivity index (χ0) is 13.0. The van der Waals surface area contributed by atoms with Crippen LogP contribution < -0.4 is 5.73 Å². The summed E-state index contributed by atoms with van der Waals surface area (Å²) in [4.78, 5) is 22.9. The Hall–Kier alpha value is -2.11. The van der Waals surface area contributed by atoms with Gasteiger partial charge in [-0.25, -0.2) is 4.79 Å². The van der Waals surface area contributed by atoms with Crippen molar-refractivity contribution in [1.29, 1.82) is 0 Å². The monoisotopic (exact) mass is 238 g/mol. The van der Waals surface area contributed by atoms with E-state index >= 15 is 0 Å². The maximum atomic E-state index is 11.6. The number of carbonyl (C=O) groups excluding carboxylic acids is 2. The van der Waals surface area contributed by atoms with Crippen LogP contribution in [0.1, 0.15) is 25.3 Å². The van der Waals surface area contributed by atoms with Crippen molar-refractivity contribution in [3.8, 4) is 0 Å². The third-order valence-corrected chi connectivity index (χ3v) is 1.99. The minimum atomic E-state index is -0.758. The van der Waals surface area contributed by atoms with Crippen molar-refractivity contribution in [2.24, 2.45) is 5.73 Å². The Morgan fingerprint density at radius 3 is 2.59 bits per heavy atom.